The number of hydrogen-bond acceptors (Lipinski definition) is 6. The number of ether oxygens (including phenoxy) is 3. The Morgan fingerprint density at radius 1 is 1.29 bits per heavy atom. The van der Waals surface area contributed by atoms with Crippen molar-refractivity contribution in [1.29, 1.82) is 0 Å². The fourth-order valence-corrected chi connectivity index (χ4v) is 2.50. The van der Waals surface area contributed by atoms with Crippen LogP contribution in [0.5, 0.6) is 0 Å². The molecule has 118 valence electrons. The van der Waals surface area contributed by atoms with Gasteiger partial charge in [-0.1, -0.05) is 0 Å². The van der Waals surface area contributed by atoms with Crippen molar-refractivity contribution in [2.75, 3.05) is 40.1 Å². The topological polar surface area (TPSA) is 65.5 Å². The quantitative estimate of drug-likeness (QED) is 0.728. The highest BCUT2D eigenvalue weighted by Crippen LogP contribution is 2.33. The zero-order chi connectivity index (χ0) is 15.0. The van der Waals surface area contributed by atoms with Gasteiger partial charge in [0.15, 0.2) is 5.82 Å². The molecule has 0 bridgehead atoms. The van der Waals surface area contributed by atoms with Crippen molar-refractivity contribution in [3.8, 4) is 0 Å². The van der Waals surface area contributed by atoms with Crippen LogP contribution in [0.1, 0.15) is 31.2 Å². The summed E-state index contributed by atoms with van der Waals surface area (Å²) in [7, 11) is 1.70. The average Bonchev–Trinajstić information content (AvgIpc) is 2.53. The molecule has 2 rings (SSSR count). The van der Waals surface area contributed by atoms with E-state index in [9.17, 15) is 0 Å². The van der Waals surface area contributed by atoms with Crippen molar-refractivity contribution < 1.29 is 14.2 Å². The van der Waals surface area contributed by atoms with E-state index in [4.69, 9.17) is 14.2 Å². The van der Waals surface area contributed by atoms with E-state index < -0.39 is 0 Å². The van der Waals surface area contributed by atoms with E-state index in [1.807, 2.05) is 19.3 Å². The van der Waals surface area contributed by atoms with Crippen LogP contribution in [-0.2, 0) is 26.4 Å². The molecule has 0 saturated carbocycles. The third-order valence-corrected chi connectivity index (χ3v) is 3.65. The lowest BCUT2D eigenvalue weighted by Gasteiger charge is -2.35. The van der Waals surface area contributed by atoms with E-state index in [2.05, 4.69) is 15.3 Å². The molecule has 6 heteroatoms. The molecule has 1 fully saturated rings. The number of rotatable bonds is 8. The summed E-state index contributed by atoms with van der Waals surface area (Å²) in [6.45, 7) is 6.32. The van der Waals surface area contributed by atoms with Crippen LogP contribution in [-0.4, -0.2) is 50.1 Å². The van der Waals surface area contributed by atoms with Crippen molar-refractivity contribution in [1.82, 2.24) is 15.3 Å². The number of nitrogens with one attached hydrogen (secondary N) is 1. The predicted molar refractivity (Wildman–Crippen MR) is 79.0 cm³/mol. The molecule has 1 aliphatic heterocycles. The molecular formula is C15H25N3O3. The van der Waals surface area contributed by atoms with Crippen LogP contribution in [0.15, 0.2) is 12.4 Å². The van der Waals surface area contributed by atoms with Gasteiger partial charge in [-0.25, -0.2) is 9.97 Å². The van der Waals surface area contributed by atoms with Crippen LogP contribution in [0, 0.1) is 0 Å². The minimum absolute atomic E-state index is 0.380. The molecule has 0 amide bonds. The lowest BCUT2D eigenvalue weighted by Crippen LogP contribution is -2.38. The fraction of sp³-hybridized carbons (Fsp3) is 0.733. The van der Waals surface area contributed by atoms with Crippen LogP contribution >= 0.6 is 0 Å². The van der Waals surface area contributed by atoms with Gasteiger partial charge in [-0.3, -0.25) is 0 Å². The van der Waals surface area contributed by atoms with E-state index in [1.165, 1.54) is 0 Å². The first kappa shape index (κ1) is 16.3. The van der Waals surface area contributed by atoms with E-state index in [-0.39, 0.29) is 5.60 Å². The summed E-state index contributed by atoms with van der Waals surface area (Å²) in [6, 6.07) is 0. The molecule has 0 unspecified atom stereocenters. The summed E-state index contributed by atoms with van der Waals surface area (Å²) in [6.07, 6.45) is 5.37. The van der Waals surface area contributed by atoms with Gasteiger partial charge >= 0.3 is 0 Å². The maximum absolute atomic E-state index is 5.97. The molecule has 0 aromatic carbocycles. The van der Waals surface area contributed by atoms with Crippen molar-refractivity contribution in [2.45, 2.75) is 31.9 Å². The number of nitrogens with zero attached hydrogens (tertiary/aromatic N) is 2. The number of aromatic nitrogens is 2. The molecule has 0 spiro atoms. The van der Waals surface area contributed by atoms with Gasteiger partial charge in [-0.15, -0.1) is 0 Å². The lowest BCUT2D eigenvalue weighted by atomic mass is 9.93. The minimum atomic E-state index is -0.380. The Hall–Kier alpha value is -1.08. The highest BCUT2D eigenvalue weighted by Gasteiger charge is 2.37. The summed E-state index contributed by atoms with van der Waals surface area (Å²) in [5.41, 5.74) is 0.684. The summed E-state index contributed by atoms with van der Waals surface area (Å²) in [4.78, 5) is 9.06. The van der Waals surface area contributed by atoms with Gasteiger partial charge in [0.2, 0.25) is 0 Å². The standard InChI is InChI=1S/C15H25N3O3/c1-3-21-15(4-7-20-8-5-15)14-17-11-13(12-18-14)10-16-6-9-19-2/h11-12,16H,3-10H2,1-2H3. The van der Waals surface area contributed by atoms with Gasteiger partial charge in [0, 0.05) is 70.8 Å². The molecule has 1 aromatic rings. The minimum Gasteiger partial charge on any atom is -0.383 e. The molecule has 0 atom stereocenters. The molecule has 0 radical (unpaired) electrons. The van der Waals surface area contributed by atoms with Crippen LogP contribution < -0.4 is 5.32 Å². The monoisotopic (exact) mass is 295 g/mol. The molecular weight excluding hydrogens is 270 g/mol. The fourth-order valence-electron chi connectivity index (χ4n) is 2.50. The number of methoxy groups -OCH3 is 1. The summed E-state index contributed by atoms with van der Waals surface area (Å²) in [5.74, 6) is 0.772. The molecule has 1 N–H and O–H groups in total. The second kappa shape index (κ2) is 8.38. The smallest absolute Gasteiger partial charge is 0.160 e. The SMILES string of the molecule is CCOC1(c2ncc(CNCCOC)cn2)CCOCC1. The summed E-state index contributed by atoms with van der Waals surface area (Å²) >= 11 is 0. The first-order chi connectivity index (χ1) is 10.3. The van der Waals surface area contributed by atoms with E-state index in [1.54, 1.807) is 7.11 Å². The Morgan fingerprint density at radius 2 is 2.00 bits per heavy atom. The normalized spacial score (nSPS) is 17.8. The van der Waals surface area contributed by atoms with E-state index in [0.29, 0.717) is 26.4 Å². The molecule has 1 saturated heterocycles. The highest BCUT2D eigenvalue weighted by molar-refractivity contribution is 5.10. The highest BCUT2D eigenvalue weighted by atomic mass is 16.5. The van der Waals surface area contributed by atoms with Crippen molar-refractivity contribution in [3.63, 3.8) is 0 Å². The second-order valence-corrected chi connectivity index (χ2v) is 5.12. The van der Waals surface area contributed by atoms with E-state index in [0.717, 1.165) is 37.3 Å². The third-order valence-electron chi connectivity index (χ3n) is 3.65. The van der Waals surface area contributed by atoms with Crippen molar-refractivity contribution in [2.24, 2.45) is 0 Å². The lowest BCUT2D eigenvalue weighted by molar-refractivity contribution is -0.117. The molecule has 21 heavy (non-hydrogen) atoms. The van der Waals surface area contributed by atoms with Crippen LogP contribution in [0.4, 0.5) is 0 Å². The third kappa shape index (κ3) is 4.44. The Kier molecular flexibility index (Phi) is 6.50. The molecule has 6 nitrogen and oxygen atoms in total. The zero-order valence-electron chi connectivity index (χ0n) is 12.9. The maximum Gasteiger partial charge on any atom is 0.160 e. The first-order valence-corrected chi connectivity index (χ1v) is 7.53. The molecule has 0 aliphatic carbocycles. The van der Waals surface area contributed by atoms with Crippen LogP contribution in [0.3, 0.4) is 0 Å². The van der Waals surface area contributed by atoms with Gasteiger partial charge in [0.25, 0.3) is 0 Å². The Balaban J connectivity index is 1.98. The largest absolute Gasteiger partial charge is 0.383 e. The molecule has 1 aromatic heterocycles. The Morgan fingerprint density at radius 3 is 2.62 bits per heavy atom. The van der Waals surface area contributed by atoms with Crippen molar-refractivity contribution >= 4 is 0 Å². The zero-order valence-corrected chi connectivity index (χ0v) is 12.9. The summed E-state index contributed by atoms with van der Waals surface area (Å²) < 4.78 is 16.4. The van der Waals surface area contributed by atoms with Crippen LogP contribution in [0.2, 0.25) is 0 Å². The molecule has 1 aliphatic rings. The van der Waals surface area contributed by atoms with Gasteiger partial charge in [-0.2, -0.15) is 0 Å². The van der Waals surface area contributed by atoms with Crippen LogP contribution in [0.25, 0.3) is 0 Å². The van der Waals surface area contributed by atoms with E-state index >= 15 is 0 Å². The summed E-state index contributed by atoms with van der Waals surface area (Å²) in [5, 5.41) is 3.28. The van der Waals surface area contributed by atoms with Gasteiger partial charge in [-0.05, 0) is 6.92 Å². The number of hydrogen-bond donors (Lipinski definition) is 1. The van der Waals surface area contributed by atoms with Gasteiger partial charge in [0.05, 0.1) is 6.61 Å². The average molecular weight is 295 g/mol. The first-order valence-electron chi connectivity index (χ1n) is 7.53. The van der Waals surface area contributed by atoms with Gasteiger partial charge < -0.3 is 19.5 Å². The predicted octanol–water partition coefficient (Wildman–Crippen LogP) is 1.25. The van der Waals surface area contributed by atoms with Gasteiger partial charge in [0.1, 0.15) is 5.60 Å². The molecule has 2 heterocycles. The second-order valence-electron chi connectivity index (χ2n) is 5.12. The maximum atomic E-state index is 5.97. The Labute approximate surface area is 126 Å². The Bertz CT molecular complexity index is 400. The van der Waals surface area contributed by atoms with Crippen molar-refractivity contribution in [3.05, 3.63) is 23.8 Å².